The van der Waals surface area contributed by atoms with E-state index >= 15 is 0 Å². The summed E-state index contributed by atoms with van der Waals surface area (Å²) in [5.41, 5.74) is -0.709. The molecule has 2 unspecified atom stereocenters. The van der Waals surface area contributed by atoms with E-state index in [1.165, 1.54) is 0 Å². The minimum absolute atomic E-state index is 0.221. The largest absolute Gasteiger partial charge is 0.503 e. The van der Waals surface area contributed by atoms with Gasteiger partial charge in [0, 0.05) is 12.6 Å². The second-order valence-corrected chi connectivity index (χ2v) is 5.05. The van der Waals surface area contributed by atoms with Crippen molar-refractivity contribution in [2.24, 2.45) is 5.92 Å². The van der Waals surface area contributed by atoms with Crippen molar-refractivity contribution in [2.75, 3.05) is 13.1 Å². The first-order valence-electron chi connectivity index (χ1n) is 6.28. The minimum Gasteiger partial charge on any atom is -0.503 e. The van der Waals surface area contributed by atoms with Crippen LogP contribution in [0.2, 0.25) is 0 Å². The van der Waals surface area contributed by atoms with E-state index in [1.807, 2.05) is 6.92 Å². The fourth-order valence-electron chi connectivity index (χ4n) is 2.29. The van der Waals surface area contributed by atoms with Crippen molar-refractivity contribution in [1.82, 2.24) is 10.6 Å². The van der Waals surface area contributed by atoms with Crippen molar-refractivity contribution in [3.05, 3.63) is 29.1 Å². The van der Waals surface area contributed by atoms with Gasteiger partial charge in [-0.3, -0.25) is 4.79 Å². The number of piperidine rings is 1. The standard InChI is InChI=1S/C13H15F3N2O2/c1-6-2-7(5-17-4-6)18-13(20)8-3-9(14)11(16)12(19)10(8)15/h3,6-7,17,19H,2,4-5H2,1H3,(H,18,20). The molecule has 0 bridgehead atoms. The molecule has 0 radical (unpaired) electrons. The molecule has 0 aliphatic carbocycles. The zero-order valence-corrected chi connectivity index (χ0v) is 10.8. The van der Waals surface area contributed by atoms with Gasteiger partial charge in [0.2, 0.25) is 5.82 Å². The van der Waals surface area contributed by atoms with Crippen LogP contribution in [0, 0.1) is 23.4 Å². The van der Waals surface area contributed by atoms with E-state index in [2.05, 4.69) is 10.6 Å². The van der Waals surface area contributed by atoms with E-state index < -0.39 is 34.7 Å². The van der Waals surface area contributed by atoms with Crippen LogP contribution < -0.4 is 10.6 Å². The highest BCUT2D eigenvalue weighted by Crippen LogP contribution is 2.26. The molecule has 110 valence electrons. The Hall–Kier alpha value is -1.76. The number of hydrogen-bond donors (Lipinski definition) is 3. The third-order valence-corrected chi connectivity index (χ3v) is 3.28. The Bertz CT molecular complexity index is 537. The van der Waals surface area contributed by atoms with Crippen LogP contribution in [0.25, 0.3) is 0 Å². The number of halogens is 3. The first-order chi connectivity index (χ1) is 9.40. The van der Waals surface area contributed by atoms with Gasteiger partial charge in [-0.25, -0.2) is 8.78 Å². The van der Waals surface area contributed by atoms with Gasteiger partial charge >= 0.3 is 0 Å². The fourth-order valence-corrected chi connectivity index (χ4v) is 2.29. The summed E-state index contributed by atoms with van der Waals surface area (Å²) in [5.74, 6) is -6.64. The second-order valence-electron chi connectivity index (χ2n) is 5.05. The number of phenolic OH excluding ortho intramolecular Hbond substituents is 1. The van der Waals surface area contributed by atoms with Crippen LogP contribution >= 0.6 is 0 Å². The average molecular weight is 288 g/mol. The number of nitrogens with one attached hydrogen (secondary N) is 2. The van der Waals surface area contributed by atoms with Gasteiger partial charge in [0.15, 0.2) is 17.4 Å². The normalized spacial score (nSPS) is 22.6. The predicted octanol–water partition coefficient (Wildman–Crippen LogP) is 1.54. The third kappa shape index (κ3) is 2.87. The maximum atomic E-state index is 13.6. The molecule has 0 aromatic heterocycles. The van der Waals surface area contributed by atoms with Gasteiger partial charge in [-0.1, -0.05) is 6.92 Å². The van der Waals surface area contributed by atoms with Gasteiger partial charge in [-0.2, -0.15) is 4.39 Å². The Morgan fingerprint density at radius 1 is 1.35 bits per heavy atom. The van der Waals surface area contributed by atoms with E-state index in [9.17, 15) is 18.0 Å². The van der Waals surface area contributed by atoms with Crippen LogP contribution in [-0.2, 0) is 0 Å². The molecule has 20 heavy (non-hydrogen) atoms. The van der Waals surface area contributed by atoms with Gasteiger partial charge in [0.05, 0.1) is 5.56 Å². The Labute approximate surface area is 114 Å². The topological polar surface area (TPSA) is 61.4 Å². The Morgan fingerprint density at radius 2 is 2.05 bits per heavy atom. The Morgan fingerprint density at radius 3 is 2.70 bits per heavy atom. The Balaban J connectivity index is 2.17. The molecule has 1 amide bonds. The third-order valence-electron chi connectivity index (χ3n) is 3.28. The maximum Gasteiger partial charge on any atom is 0.254 e. The summed E-state index contributed by atoms with van der Waals surface area (Å²) in [5, 5.41) is 14.7. The monoisotopic (exact) mass is 288 g/mol. The summed E-state index contributed by atoms with van der Waals surface area (Å²) in [6.07, 6.45) is 0.704. The molecule has 1 fully saturated rings. The smallest absolute Gasteiger partial charge is 0.254 e. The Kier molecular flexibility index (Phi) is 4.17. The van der Waals surface area contributed by atoms with E-state index in [0.29, 0.717) is 24.9 Å². The highest BCUT2D eigenvalue weighted by atomic mass is 19.2. The second kappa shape index (κ2) is 5.70. The number of aromatic hydroxyl groups is 1. The quantitative estimate of drug-likeness (QED) is 0.723. The lowest BCUT2D eigenvalue weighted by Crippen LogP contribution is -2.48. The van der Waals surface area contributed by atoms with E-state index in [0.717, 1.165) is 6.54 Å². The molecule has 1 saturated heterocycles. The lowest BCUT2D eigenvalue weighted by molar-refractivity contribution is 0.0919. The SMILES string of the molecule is CC1CNCC(NC(=O)c2cc(F)c(F)c(O)c2F)C1. The molecule has 1 aromatic carbocycles. The van der Waals surface area contributed by atoms with Crippen molar-refractivity contribution in [3.63, 3.8) is 0 Å². The molecule has 7 heteroatoms. The number of carbonyl (C=O) groups excluding carboxylic acids is 1. The summed E-state index contributed by atoms with van der Waals surface area (Å²) in [4.78, 5) is 11.9. The maximum absolute atomic E-state index is 13.6. The van der Waals surface area contributed by atoms with E-state index in [1.54, 1.807) is 0 Å². The van der Waals surface area contributed by atoms with Gasteiger partial charge in [0.1, 0.15) is 0 Å². The lowest BCUT2D eigenvalue weighted by Gasteiger charge is -2.28. The molecule has 3 N–H and O–H groups in total. The highest BCUT2D eigenvalue weighted by molar-refractivity contribution is 5.95. The van der Waals surface area contributed by atoms with Crippen molar-refractivity contribution in [2.45, 2.75) is 19.4 Å². The molecular weight excluding hydrogens is 273 g/mol. The highest BCUT2D eigenvalue weighted by Gasteiger charge is 2.25. The number of phenols is 1. The molecule has 0 saturated carbocycles. The number of amides is 1. The van der Waals surface area contributed by atoms with Gasteiger partial charge in [-0.15, -0.1) is 0 Å². The summed E-state index contributed by atoms with van der Waals surface area (Å²) in [6.45, 7) is 3.34. The van der Waals surface area contributed by atoms with Crippen LogP contribution in [0.3, 0.4) is 0 Å². The average Bonchev–Trinajstić information content (AvgIpc) is 2.40. The van der Waals surface area contributed by atoms with E-state index in [-0.39, 0.29) is 6.04 Å². The summed E-state index contributed by atoms with van der Waals surface area (Å²) >= 11 is 0. The van der Waals surface area contributed by atoms with Crippen molar-refractivity contribution in [1.29, 1.82) is 0 Å². The first-order valence-corrected chi connectivity index (χ1v) is 6.28. The summed E-state index contributed by atoms with van der Waals surface area (Å²) in [7, 11) is 0. The molecule has 1 aliphatic rings. The molecule has 1 aliphatic heterocycles. The number of rotatable bonds is 2. The summed E-state index contributed by atoms with van der Waals surface area (Å²) in [6, 6.07) is 0.222. The summed E-state index contributed by atoms with van der Waals surface area (Å²) < 4.78 is 39.7. The fraction of sp³-hybridized carbons (Fsp3) is 0.462. The van der Waals surface area contributed by atoms with Gasteiger partial charge < -0.3 is 15.7 Å². The molecule has 1 heterocycles. The van der Waals surface area contributed by atoms with E-state index in [4.69, 9.17) is 5.11 Å². The van der Waals surface area contributed by atoms with Crippen LogP contribution in [0.5, 0.6) is 5.75 Å². The number of benzene rings is 1. The zero-order valence-electron chi connectivity index (χ0n) is 10.8. The zero-order chi connectivity index (χ0) is 14.9. The molecule has 2 rings (SSSR count). The van der Waals surface area contributed by atoms with Crippen molar-refractivity contribution >= 4 is 5.91 Å². The first kappa shape index (κ1) is 14.6. The number of hydrogen-bond acceptors (Lipinski definition) is 3. The lowest BCUT2D eigenvalue weighted by atomic mass is 9.97. The van der Waals surface area contributed by atoms with Crippen LogP contribution in [0.15, 0.2) is 6.07 Å². The van der Waals surface area contributed by atoms with Crippen LogP contribution in [-0.4, -0.2) is 30.1 Å². The van der Waals surface area contributed by atoms with Crippen molar-refractivity contribution < 1.29 is 23.1 Å². The predicted molar refractivity (Wildman–Crippen MR) is 65.9 cm³/mol. The number of carbonyl (C=O) groups is 1. The molecule has 0 spiro atoms. The molecular formula is C13H15F3N2O2. The van der Waals surface area contributed by atoms with Gasteiger partial charge in [-0.05, 0) is 24.9 Å². The molecule has 1 aromatic rings. The van der Waals surface area contributed by atoms with Crippen LogP contribution in [0.4, 0.5) is 13.2 Å². The van der Waals surface area contributed by atoms with Crippen molar-refractivity contribution in [3.8, 4) is 5.75 Å². The van der Waals surface area contributed by atoms with Crippen LogP contribution in [0.1, 0.15) is 23.7 Å². The minimum atomic E-state index is -1.70. The molecule has 4 nitrogen and oxygen atoms in total. The van der Waals surface area contributed by atoms with Gasteiger partial charge in [0.25, 0.3) is 5.91 Å². The molecule has 2 atom stereocenters.